The van der Waals surface area contributed by atoms with E-state index in [2.05, 4.69) is 179 Å². The molecule has 8 aromatic carbocycles. The minimum Gasteiger partial charge on any atom is -0.208 e. The first-order valence-corrected chi connectivity index (χ1v) is 29.0. The Balaban J connectivity index is 1.04. The zero-order chi connectivity index (χ0) is 43.3. The smallest absolute Gasteiger partial charge is 0.164 e. The molecule has 1 aliphatic rings. The molecule has 0 spiro atoms. The first-order chi connectivity index (χ1) is 30.5. The van der Waals surface area contributed by atoms with Crippen molar-refractivity contribution in [2.75, 3.05) is 0 Å². The van der Waals surface area contributed by atoms with Gasteiger partial charge in [0.15, 0.2) is 17.5 Å². The maximum atomic E-state index is 4.95. The van der Waals surface area contributed by atoms with Crippen LogP contribution < -0.4 is 10.4 Å². The van der Waals surface area contributed by atoms with Gasteiger partial charge in [-0.15, -0.1) is 0 Å². The summed E-state index contributed by atoms with van der Waals surface area (Å²) in [6.45, 7) is 14.6. The van der Waals surface area contributed by atoms with Crippen LogP contribution in [0, 0.1) is 0 Å². The van der Waals surface area contributed by atoms with Crippen molar-refractivity contribution in [1.29, 1.82) is 0 Å². The molecule has 306 valence electrons. The van der Waals surface area contributed by atoms with E-state index in [-0.39, 0.29) is 0 Å². The van der Waals surface area contributed by atoms with Crippen LogP contribution in [0.25, 0.3) is 67.5 Å². The number of benzene rings is 8. The topological polar surface area (TPSA) is 38.7 Å². The molecule has 5 heteroatoms. The van der Waals surface area contributed by atoms with E-state index in [0.29, 0.717) is 17.5 Å². The number of rotatable bonds is 9. The molecule has 0 N–H and O–H groups in total. The lowest BCUT2D eigenvalue weighted by Crippen LogP contribution is -2.39. The first kappa shape index (κ1) is 40.3. The van der Waals surface area contributed by atoms with Gasteiger partial charge in [0.25, 0.3) is 0 Å². The standard InChI is InChI=1S/C58H51N3Si2/c1-62(2,3)48-36-32-46(33-37-48)58(47-34-38-49(39-35-47)63(4,5)6)52-22-14-13-20-51(52)54-50(21-15-23-53(54)58)42-28-24-40(25-29-42)41-26-30-45(31-27-41)57-60-55(43-16-9-7-10-17-43)59-56(61-57)44-18-11-8-12-19-44/h7-39H,1-6H3. The summed E-state index contributed by atoms with van der Waals surface area (Å²) < 4.78 is 0. The van der Waals surface area contributed by atoms with Crippen molar-refractivity contribution < 1.29 is 0 Å². The number of nitrogens with zero attached hydrogens (tertiary/aromatic N) is 3. The maximum Gasteiger partial charge on any atom is 0.164 e. The molecule has 0 saturated heterocycles. The van der Waals surface area contributed by atoms with Gasteiger partial charge in [0.1, 0.15) is 0 Å². The summed E-state index contributed by atoms with van der Waals surface area (Å²) in [5.74, 6) is 1.97. The highest BCUT2D eigenvalue weighted by Crippen LogP contribution is 2.58. The fourth-order valence-corrected chi connectivity index (χ4v) is 11.7. The maximum absolute atomic E-state index is 4.95. The van der Waals surface area contributed by atoms with Gasteiger partial charge >= 0.3 is 0 Å². The second-order valence-corrected chi connectivity index (χ2v) is 29.0. The Hall–Kier alpha value is -6.80. The molecule has 9 aromatic rings. The number of hydrogen-bond acceptors (Lipinski definition) is 3. The third-order valence-electron chi connectivity index (χ3n) is 12.8. The van der Waals surface area contributed by atoms with Crippen molar-refractivity contribution in [2.24, 2.45) is 0 Å². The van der Waals surface area contributed by atoms with Crippen molar-refractivity contribution in [3.8, 4) is 67.5 Å². The third kappa shape index (κ3) is 7.31. The molecule has 0 bridgehead atoms. The summed E-state index contributed by atoms with van der Waals surface area (Å²) in [5, 5.41) is 2.95. The second kappa shape index (κ2) is 15.8. The summed E-state index contributed by atoms with van der Waals surface area (Å²) in [5.41, 5.74) is 15.1. The molecular weight excluding hydrogens is 795 g/mol. The predicted molar refractivity (Wildman–Crippen MR) is 270 cm³/mol. The summed E-state index contributed by atoms with van der Waals surface area (Å²) in [6, 6.07) is 73.3. The Morgan fingerprint density at radius 2 is 0.667 bits per heavy atom. The van der Waals surface area contributed by atoms with Crippen molar-refractivity contribution >= 4 is 26.5 Å². The molecule has 0 unspecified atom stereocenters. The van der Waals surface area contributed by atoms with Crippen molar-refractivity contribution in [2.45, 2.75) is 44.7 Å². The van der Waals surface area contributed by atoms with E-state index >= 15 is 0 Å². The fourth-order valence-electron chi connectivity index (χ4n) is 9.39. The fraction of sp³-hybridized carbons (Fsp3) is 0.121. The highest BCUT2D eigenvalue weighted by Gasteiger charge is 2.47. The van der Waals surface area contributed by atoms with Crippen LogP contribution in [0.15, 0.2) is 200 Å². The average Bonchev–Trinajstić information content (AvgIpc) is 3.63. The van der Waals surface area contributed by atoms with Crippen LogP contribution in [-0.2, 0) is 5.41 Å². The van der Waals surface area contributed by atoms with Crippen LogP contribution in [0.5, 0.6) is 0 Å². The average molecular weight is 846 g/mol. The van der Waals surface area contributed by atoms with Crippen LogP contribution in [-0.4, -0.2) is 31.1 Å². The number of hydrogen-bond donors (Lipinski definition) is 0. The first-order valence-electron chi connectivity index (χ1n) is 22.0. The molecule has 1 heterocycles. The molecule has 0 atom stereocenters. The Bertz CT molecular complexity index is 2960. The van der Waals surface area contributed by atoms with E-state index in [1.165, 1.54) is 54.9 Å². The second-order valence-electron chi connectivity index (χ2n) is 18.9. The molecule has 10 rings (SSSR count). The summed E-state index contributed by atoms with van der Waals surface area (Å²) in [6.07, 6.45) is 0. The van der Waals surface area contributed by atoms with Crippen LogP contribution in [0.2, 0.25) is 39.3 Å². The van der Waals surface area contributed by atoms with Gasteiger partial charge in [-0.05, 0) is 55.6 Å². The molecular formula is C58H51N3Si2. The Morgan fingerprint density at radius 3 is 1.13 bits per heavy atom. The van der Waals surface area contributed by atoms with E-state index in [9.17, 15) is 0 Å². The summed E-state index contributed by atoms with van der Waals surface area (Å²) in [7, 11) is -3.01. The summed E-state index contributed by atoms with van der Waals surface area (Å²) in [4.78, 5) is 14.8. The van der Waals surface area contributed by atoms with E-state index in [0.717, 1.165) is 27.8 Å². The van der Waals surface area contributed by atoms with Crippen molar-refractivity contribution in [3.05, 3.63) is 222 Å². The lowest BCUT2D eigenvalue weighted by atomic mass is 9.67. The Morgan fingerprint density at radius 1 is 0.302 bits per heavy atom. The van der Waals surface area contributed by atoms with Crippen molar-refractivity contribution in [3.63, 3.8) is 0 Å². The molecule has 63 heavy (non-hydrogen) atoms. The van der Waals surface area contributed by atoms with Gasteiger partial charge in [0.05, 0.1) is 21.6 Å². The lowest BCUT2D eigenvalue weighted by Gasteiger charge is -2.35. The van der Waals surface area contributed by atoms with Crippen LogP contribution in [0.4, 0.5) is 0 Å². The Kier molecular flexibility index (Phi) is 10.1. The molecule has 3 nitrogen and oxygen atoms in total. The van der Waals surface area contributed by atoms with Gasteiger partial charge in [0.2, 0.25) is 0 Å². The molecule has 0 saturated carbocycles. The van der Waals surface area contributed by atoms with Gasteiger partial charge in [-0.25, -0.2) is 15.0 Å². The molecule has 0 amide bonds. The summed E-state index contributed by atoms with van der Waals surface area (Å²) >= 11 is 0. The van der Waals surface area contributed by atoms with Gasteiger partial charge < -0.3 is 0 Å². The van der Waals surface area contributed by atoms with Crippen LogP contribution in [0.3, 0.4) is 0 Å². The lowest BCUT2D eigenvalue weighted by molar-refractivity contribution is 0.769. The monoisotopic (exact) mass is 845 g/mol. The quantitative estimate of drug-likeness (QED) is 0.136. The van der Waals surface area contributed by atoms with Crippen LogP contribution >= 0.6 is 0 Å². The zero-order valence-electron chi connectivity index (χ0n) is 36.9. The van der Waals surface area contributed by atoms with E-state index in [4.69, 9.17) is 15.0 Å². The van der Waals surface area contributed by atoms with Gasteiger partial charge in [-0.3, -0.25) is 0 Å². The molecule has 1 aromatic heterocycles. The molecule has 1 aliphatic carbocycles. The van der Waals surface area contributed by atoms with E-state index < -0.39 is 21.6 Å². The highest BCUT2D eigenvalue weighted by atomic mass is 28.3. The van der Waals surface area contributed by atoms with Gasteiger partial charge in [0, 0.05) is 16.7 Å². The minimum atomic E-state index is -1.50. The zero-order valence-corrected chi connectivity index (χ0v) is 38.9. The SMILES string of the molecule is C[Si](C)(C)c1ccc(C2(c3ccc([Si](C)(C)C)cc3)c3ccccc3-c3c(-c4ccc(-c5ccc(-c6nc(-c7ccccc7)nc(-c7ccccc7)n6)cc5)cc4)cccc32)cc1. The number of fused-ring (bicyclic) bond motifs is 3. The molecule has 0 radical (unpaired) electrons. The van der Waals surface area contributed by atoms with Crippen molar-refractivity contribution in [1.82, 2.24) is 15.0 Å². The highest BCUT2D eigenvalue weighted by molar-refractivity contribution is 6.89. The molecule has 0 fully saturated rings. The largest absolute Gasteiger partial charge is 0.208 e. The predicted octanol–water partition coefficient (Wildman–Crippen LogP) is 13.7. The van der Waals surface area contributed by atoms with Gasteiger partial charge in [-0.2, -0.15) is 0 Å². The Labute approximate surface area is 374 Å². The van der Waals surface area contributed by atoms with Gasteiger partial charge in [-0.1, -0.05) is 250 Å². The minimum absolute atomic E-state index is 0.457. The normalized spacial score (nSPS) is 13.0. The van der Waals surface area contributed by atoms with Crippen LogP contribution in [0.1, 0.15) is 22.3 Å². The van der Waals surface area contributed by atoms with E-state index in [1.54, 1.807) is 0 Å². The molecule has 0 aliphatic heterocycles. The number of aromatic nitrogens is 3. The van der Waals surface area contributed by atoms with E-state index in [1.807, 2.05) is 60.7 Å². The third-order valence-corrected chi connectivity index (χ3v) is 16.9.